The van der Waals surface area contributed by atoms with Crippen LogP contribution in [0.15, 0.2) is 35.9 Å². The Morgan fingerprint density at radius 1 is 1.12 bits per heavy atom. The van der Waals surface area contributed by atoms with Gasteiger partial charge in [-0.05, 0) is 11.6 Å². The van der Waals surface area contributed by atoms with Crippen LogP contribution in [0.25, 0.3) is 6.08 Å². The van der Waals surface area contributed by atoms with Crippen LogP contribution in [0.3, 0.4) is 0 Å². The van der Waals surface area contributed by atoms with E-state index < -0.39 is 49.0 Å². The molecule has 2 aliphatic heterocycles. The molecule has 25 heavy (non-hydrogen) atoms. The number of urea groups is 1. The first-order chi connectivity index (χ1) is 11.9. The van der Waals surface area contributed by atoms with E-state index in [1.54, 1.807) is 30.3 Å². The van der Waals surface area contributed by atoms with Gasteiger partial charge in [-0.3, -0.25) is 14.9 Å². The Balaban J connectivity index is 1.93. The summed E-state index contributed by atoms with van der Waals surface area (Å²) in [5.74, 6) is -1.84. The number of aliphatic hydroxyl groups excluding tert-OH is 3. The summed E-state index contributed by atoms with van der Waals surface area (Å²) in [4.78, 5) is 37.2. The second-order valence-electron chi connectivity index (χ2n) is 5.63. The largest absolute Gasteiger partial charge is 0.394 e. The SMILES string of the molecule is O=C1NC(=O)N([C@@H]2O[C@H](CO)[C@@H](O)[C@H]2O)C(=O)/C1=C/c1ccccc1. The van der Waals surface area contributed by atoms with Gasteiger partial charge in [-0.2, -0.15) is 0 Å². The molecular formula is C16H16N2O7. The van der Waals surface area contributed by atoms with E-state index in [2.05, 4.69) is 0 Å². The fraction of sp³-hybridized carbons (Fsp3) is 0.312. The molecule has 0 saturated carbocycles. The summed E-state index contributed by atoms with van der Waals surface area (Å²) >= 11 is 0. The number of nitrogens with one attached hydrogen (secondary N) is 1. The van der Waals surface area contributed by atoms with E-state index in [0.717, 1.165) is 0 Å². The number of hydrogen-bond acceptors (Lipinski definition) is 7. The molecule has 1 aromatic carbocycles. The van der Waals surface area contributed by atoms with E-state index in [1.165, 1.54) is 6.08 Å². The highest BCUT2D eigenvalue weighted by Gasteiger charge is 2.51. The van der Waals surface area contributed by atoms with E-state index >= 15 is 0 Å². The first-order valence-corrected chi connectivity index (χ1v) is 7.52. The molecule has 0 radical (unpaired) electrons. The van der Waals surface area contributed by atoms with Crippen molar-refractivity contribution in [1.29, 1.82) is 0 Å². The molecule has 1 aromatic rings. The fourth-order valence-electron chi connectivity index (χ4n) is 2.71. The highest BCUT2D eigenvalue weighted by Crippen LogP contribution is 2.27. The van der Waals surface area contributed by atoms with Crippen molar-refractivity contribution in [3.05, 3.63) is 41.5 Å². The molecule has 0 unspecified atom stereocenters. The quantitative estimate of drug-likeness (QED) is 0.389. The number of ether oxygens (including phenoxy) is 1. The van der Waals surface area contributed by atoms with Crippen LogP contribution >= 0.6 is 0 Å². The van der Waals surface area contributed by atoms with Gasteiger partial charge in [0.1, 0.15) is 23.9 Å². The molecule has 9 heteroatoms. The van der Waals surface area contributed by atoms with Crippen LogP contribution in [0.5, 0.6) is 0 Å². The van der Waals surface area contributed by atoms with E-state index in [0.29, 0.717) is 10.5 Å². The number of amides is 4. The summed E-state index contributed by atoms with van der Waals surface area (Å²) in [6.45, 7) is -0.607. The zero-order chi connectivity index (χ0) is 18.1. The van der Waals surface area contributed by atoms with Crippen LogP contribution < -0.4 is 5.32 Å². The van der Waals surface area contributed by atoms with Crippen molar-refractivity contribution in [3.63, 3.8) is 0 Å². The third-order valence-corrected chi connectivity index (χ3v) is 4.02. The van der Waals surface area contributed by atoms with Crippen molar-refractivity contribution in [2.75, 3.05) is 6.61 Å². The van der Waals surface area contributed by atoms with Gasteiger partial charge in [0.25, 0.3) is 11.8 Å². The smallest absolute Gasteiger partial charge is 0.333 e. The Morgan fingerprint density at radius 2 is 1.80 bits per heavy atom. The molecule has 3 rings (SSSR count). The van der Waals surface area contributed by atoms with Gasteiger partial charge in [0.2, 0.25) is 0 Å². The van der Waals surface area contributed by atoms with Gasteiger partial charge in [-0.1, -0.05) is 30.3 Å². The van der Waals surface area contributed by atoms with Crippen molar-refractivity contribution in [1.82, 2.24) is 10.2 Å². The van der Waals surface area contributed by atoms with Crippen LogP contribution in [0.1, 0.15) is 5.56 Å². The van der Waals surface area contributed by atoms with Crippen molar-refractivity contribution in [2.45, 2.75) is 24.5 Å². The van der Waals surface area contributed by atoms with Crippen LogP contribution in [0.2, 0.25) is 0 Å². The molecule has 4 amide bonds. The minimum atomic E-state index is -1.61. The predicted octanol–water partition coefficient (Wildman–Crippen LogP) is -1.41. The summed E-state index contributed by atoms with van der Waals surface area (Å²) < 4.78 is 5.20. The van der Waals surface area contributed by atoms with Gasteiger partial charge in [-0.25, -0.2) is 9.69 Å². The lowest BCUT2D eigenvalue weighted by Crippen LogP contribution is -2.60. The minimum absolute atomic E-state index is 0.316. The molecule has 0 spiro atoms. The Kier molecular flexibility index (Phi) is 4.64. The molecule has 4 N–H and O–H groups in total. The minimum Gasteiger partial charge on any atom is -0.394 e. The third kappa shape index (κ3) is 3.05. The van der Waals surface area contributed by atoms with E-state index in [-0.39, 0.29) is 5.57 Å². The number of imide groups is 2. The molecule has 2 aliphatic rings. The molecule has 9 nitrogen and oxygen atoms in total. The molecule has 132 valence electrons. The van der Waals surface area contributed by atoms with Crippen LogP contribution in [-0.4, -0.2) is 69.2 Å². The van der Waals surface area contributed by atoms with Gasteiger partial charge in [0, 0.05) is 0 Å². The summed E-state index contributed by atoms with van der Waals surface area (Å²) in [6, 6.07) is 7.45. The number of nitrogens with zero attached hydrogens (tertiary/aromatic N) is 1. The van der Waals surface area contributed by atoms with Crippen molar-refractivity contribution in [3.8, 4) is 0 Å². The number of benzene rings is 1. The second kappa shape index (κ2) is 6.73. The van der Waals surface area contributed by atoms with E-state index in [9.17, 15) is 24.6 Å². The average molecular weight is 348 g/mol. The van der Waals surface area contributed by atoms with E-state index in [4.69, 9.17) is 9.84 Å². The summed E-state index contributed by atoms with van der Waals surface area (Å²) in [7, 11) is 0. The van der Waals surface area contributed by atoms with Gasteiger partial charge in [-0.15, -0.1) is 0 Å². The molecule has 0 aromatic heterocycles. The number of aliphatic hydroxyl groups is 3. The zero-order valence-electron chi connectivity index (χ0n) is 12.9. The first kappa shape index (κ1) is 17.2. The maximum absolute atomic E-state index is 12.6. The lowest BCUT2D eigenvalue weighted by atomic mass is 10.1. The van der Waals surface area contributed by atoms with Crippen LogP contribution in [-0.2, 0) is 14.3 Å². The topological polar surface area (TPSA) is 136 Å². The van der Waals surface area contributed by atoms with Crippen molar-refractivity contribution < 1.29 is 34.4 Å². The standard InChI is InChI=1S/C16H16N2O7/c19-7-10-11(20)12(21)15(25-10)18-14(23)9(13(22)17-16(18)24)6-8-4-2-1-3-5-8/h1-6,10-12,15,19-21H,7H2,(H,17,22,24)/b9-6+/t10-,11-,12-,15-/m1/s1. The van der Waals surface area contributed by atoms with Crippen molar-refractivity contribution in [2.24, 2.45) is 0 Å². The number of hydrogen-bond donors (Lipinski definition) is 4. The lowest BCUT2D eigenvalue weighted by Gasteiger charge is -2.32. The Labute approximate surface area is 142 Å². The van der Waals surface area contributed by atoms with Gasteiger partial charge >= 0.3 is 6.03 Å². The molecule has 2 saturated heterocycles. The highest BCUT2D eigenvalue weighted by atomic mass is 16.6. The number of carbonyl (C=O) groups excluding carboxylic acids is 3. The maximum atomic E-state index is 12.6. The van der Waals surface area contributed by atoms with Gasteiger partial charge in [0.05, 0.1) is 6.61 Å². The fourth-order valence-corrected chi connectivity index (χ4v) is 2.71. The first-order valence-electron chi connectivity index (χ1n) is 7.52. The normalized spacial score (nSPS) is 31.6. The third-order valence-electron chi connectivity index (χ3n) is 4.02. The second-order valence-corrected chi connectivity index (χ2v) is 5.63. The molecule has 0 aliphatic carbocycles. The summed E-state index contributed by atoms with van der Waals surface area (Å²) in [5, 5.41) is 30.9. The number of carbonyl (C=O) groups is 3. The van der Waals surface area contributed by atoms with Gasteiger partial charge < -0.3 is 20.1 Å². The predicted molar refractivity (Wildman–Crippen MR) is 82.6 cm³/mol. The molecule has 2 heterocycles. The van der Waals surface area contributed by atoms with E-state index in [1.807, 2.05) is 5.32 Å². The lowest BCUT2D eigenvalue weighted by molar-refractivity contribution is -0.144. The zero-order valence-corrected chi connectivity index (χ0v) is 12.9. The van der Waals surface area contributed by atoms with Crippen LogP contribution in [0, 0.1) is 0 Å². The summed E-state index contributed by atoms with van der Waals surface area (Å²) in [5.41, 5.74) is 0.250. The average Bonchev–Trinajstić information content (AvgIpc) is 2.88. The Hall–Kier alpha value is -2.59. The highest BCUT2D eigenvalue weighted by molar-refractivity contribution is 6.31. The van der Waals surface area contributed by atoms with Crippen molar-refractivity contribution >= 4 is 23.9 Å². The molecule has 4 atom stereocenters. The van der Waals surface area contributed by atoms with Crippen LogP contribution in [0.4, 0.5) is 4.79 Å². The molecule has 0 bridgehead atoms. The summed E-state index contributed by atoms with van der Waals surface area (Å²) in [6.07, 6.45) is -4.46. The Bertz CT molecular complexity index is 733. The monoisotopic (exact) mass is 348 g/mol. The Morgan fingerprint density at radius 3 is 2.40 bits per heavy atom. The number of barbiturate groups is 1. The van der Waals surface area contributed by atoms with Gasteiger partial charge in [0.15, 0.2) is 6.23 Å². The number of rotatable bonds is 3. The maximum Gasteiger partial charge on any atom is 0.333 e. The molecular weight excluding hydrogens is 332 g/mol. The molecule has 2 fully saturated rings.